The first-order chi connectivity index (χ1) is 12.4. The first-order valence-electron chi connectivity index (χ1n) is 8.47. The number of primary amides is 1. The van der Waals surface area contributed by atoms with Gasteiger partial charge in [-0.05, 0) is 48.9 Å². The number of hydrogen-bond donors (Lipinski definition) is 1. The molecule has 0 aliphatic heterocycles. The molecular weight excluding hydrogens is 330 g/mol. The Morgan fingerprint density at radius 3 is 2.12 bits per heavy atom. The zero-order chi connectivity index (χ0) is 19.1. The van der Waals surface area contributed by atoms with Crippen molar-refractivity contribution in [1.29, 1.82) is 0 Å². The van der Waals surface area contributed by atoms with Gasteiger partial charge in [-0.1, -0.05) is 12.1 Å². The first-order valence-corrected chi connectivity index (χ1v) is 8.47. The molecule has 2 aromatic rings. The van der Waals surface area contributed by atoms with E-state index in [-0.39, 0.29) is 12.5 Å². The number of rotatable bonds is 8. The van der Waals surface area contributed by atoms with Crippen LogP contribution >= 0.6 is 0 Å². The molecule has 2 N–H and O–H groups in total. The van der Waals surface area contributed by atoms with Crippen molar-refractivity contribution >= 4 is 17.5 Å². The summed E-state index contributed by atoms with van der Waals surface area (Å²) >= 11 is 0. The van der Waals surface area contributed by atoms with Gasteiger partial charge in [-0.15, -0.1) is 0 Å². The van der Waals surface area contributed by atoms with E-state index in [1.807, 2.05) is 50.2 Å². The Bertz CT molecular complexity index is 740. The van der Waals surface area contributed by atoms with Crippen molar-refractivity contribution in [2.75, 3.05) is 32.1 Å². The Morgan fingerprint density at radius 2 is 1.62 bits per heavy atom. The van der Waals surface area contributed by atoms with Gasteiger partial charge in [0.1, 0.15) is 5.75 Å². The molecule has 0 spiro atoms. The number of anilines is 1. The summed E-state index contributed by atoms with van der Waals surface area (Å²) < 4.78 is 5.52. The highest BCUT2D eigenvalue weighted by atomic mass is 16.5. The van der Waals surface area contributed by atoms with Crippen LogP contribution in [0.15, 0.2) is 48.5 Å². The maximum absolute atomic E-state index is 12.4. The topological polar surface area (TPSA) is 75.9 Å². The number of ether oxygens (including phenoxy) is 1. The van der Waals surface area contributed by atoms with Crippen molar-refractivity contribution in [2.24, 2.45) is 5.73 Å². The Labute approximate surface area is 154 Å². The second kappa shape index (κ2) is 8.89. The summed E-state index contributed by atoms with van der Waals surface area (Å²) in [4.78, 5) is 27.2. The fourth-order valence-electron chi connectivity index (χ4n) is 2.45. The minimum atomic E-state index is -0.495. The molecule has 2 amide bonds. The number of nitrogens with two attached hydrogens (primary N) is 1. The van der Waals surface area contributed by atoms with Crippen LogP contribution in [0.2, 0.25) is 0 Å². The predicted octanol–water partition coefficient (Wildman–Crippen LogP) is 2.28. The Morgan fingerprint density at radius 1 is 1.00 bits per heavy atom. The smallest absolute Gasteiger partial charge is 0.260 e. The molecule has 2 aromatic carbocycles. The van der Waals surface area contributed by atoms with Crippen molar-refractivity contribution in [1.82, 2.24) is 4.90 Å². The van der Waals surface area contributed by atoms with Crippen LogP contribution in [-0.4, -0.2) is 44.0 Å². The van der Waals surface area contributed by atoms with Crippen LogP contribution < -0.4 is 15.4 Å². The lowest BCUT2D eigenvalue weighted by Gasteiger charge is -2.21. The van der Waals surface area contributed by atoms with Crippen LogP contribution in [0.4, 0.5) is 5.69 Å². The molecule has 2 rings (SSSR count). The van der Waals surface area contributed by atoms with E-state index in [1.165, 1.54) is 0 Å². The maximum Gasteiger partial charge on any atom is 0.260 e. The molecule has 138 valence electrons. The minimum Gasteiger partial charge on any atom is -0.484 e. The van der Waals surface area contributed by atoms with E-state index >= 15 is 0 Å². The largest absolute Gasteiger partial charge is 0.484 e. The number of nitrogens with zero attached hydrogens (tertiary/aromatic N) is 2. The van der Waals surface area contributed by atoms with Gasteiger partial charge in [0.25, 0.3) is 5.91 Å². The number of benzene rings is 2. The fraction of sp³-hybridized carbons (Fsp3) is 0.300. The standard InChI is InChI=1S/C20H25N3O3/c1-4-23(13-15-5-9-17(10-6-15)22(2)3)19(24)14-26-18-11-7-16(8-12-18)20(21)25/h5-12H,4,13-14H2,1-3H3,(H2,21,25). The third-order valence-electron chi connectivity index (χ3n) is 4.06. The number of amides is 2. The average molecular weight is 355 g/mol. The van der Waals surface area contributed by atoms with Gasteiger partial charge < -0.3 is 20.3 Å². The van der Waals surface area contributed by atoms with Gasteiger partial charge in [0.2, 0.25) is 5.91 Å². The Kier molecular flexibility index (Phi) is 6.60. The number of hydrogen-bond acceptors (Lipinski definition) is 4. The van der Waals surface area contributed by atoms with E-state index in [2.05, 4.69) is 0 Å². The molecule has 0 unspecified atom stereocenters. The van der Waals surface area contributed by atoms with Gasteiger partial charge in [-0.25, -0.2) is 0 Å². The molecule has 6 heteroatoms. The summed E-state index contributed by atoms with van der Waals surface area (Å²) in [5.41, 5.74) is 7.79. The van der Waals surface area contributed by atoms with Crippen LogP contribution in [0, 0.1) is 0 Å². The average Bonchev–Trinajstić information content (AvgIpc) is 2.64. The van der Waals surface area contributed by atoms with Crippen molar-refractivity contribution in [3.63, 3.8) is 0 Å². The van der Waals surface area contributed by atoms with E-state index in [0.29, 0.717) is 24.4 Å². The minimum absolute atomic E-state index is 0.0560. The summed E-state index contributed by atoms with van der Waals surface area (Å²) in [5.74, 6) is -0.0667. The summed E-state index contributed by atoms with van der Waals surface area (Å²) in [6.07, 6.45) is 0. The van der Waals surface area contributed by atoms with Crippen LogP contribution in [0.25, 0.3) is 0 Å². The molecule has 0 aliphatic rings. The lowest BCUT2D eigenvalue weighted by Crippen LogP contribution is -2.34. The lowest BCUT2D eigenvalue weighted by atomic mass is 10.2. The quantitative estimate of drug-likeness (QED) is 0.788. The molecule has 6 nitrogen and oxygen atoms in total. The molecule has 0 aliphatic carbocycles. The zero-order valence-corrected chi connectivity index (χ0v) is 15.4. The summed E-state index contributed by atoms with van der Waals surface area (Å²) in [5, 5.41) is 0. The highest BCUT2D eigenvalue weighted by Crippen LogP contribution is 2.15. The van der Waals surface area contributed by atoms with Gasteiger partial charge in [0.15, 0.2) is 6.61 Å². The second-order valence-electron chi connectivity index (χ2n) is 6.15. The normalized spacial score (nSPS) is 10.3. The Balaban J connectivity index is 1.92. The fourth-order valence-corrected chi connectivity index (χ4v) is 2.45. The molecule has 26 heavy (non-hydrogen) atoms. The Hall–Kier alpha value is -3.02. The number of carbonyl (C=O) groups excluding carboxylic acids is 2. The predicted molar refractivity (Wildman–Crippen MR) is 102 cm³/mol. The van der Waals surface area contributed by atoms with Crippen molar-refractivity contribution < 1.29 is 14.3 Å². The van der Waals surface area contributed by atoms with Gasteiger partial charge in [0.05, 0.1) is 0 Å². The SMILES string of the molecule is CCN(Cc1ccc(N(C)C)cc1)C(=O)COc1ccc(C(N)=O)cc1. The van der Waals surface area contributed by atoms with Crippen LogP contribution in [0.3, 0.4) is 0 Å². The lowest BCUT2D eigenvalue weighted by molar-refractivity contribution is -0.133. The highest BCUT2D eigenvalue weighted by Gasteiger charge is 2.13. The van der Waals surface area contributed by atoms with Gasteiger partial charge in [0, 0.05) is 38.4 Å². The van der Waals surface area contributed by atoms with E-state index in [1.54, 1.807) is 29.2 Å². The molecular formula is C20H25N3O3. The van der Waals surface area contributed by atoms with Crippen molar-refractivity contribution in [3.8, 4) is 5.75 Å². The van der Waals surface area contributed by atoms with Crippen molar-refractivity contribution in [2.45, 2.75) is 13.5 Å². The van der Waals surface area contributed by atoms with Gasteiger partial charge in [-0.2, -0.15) is 0 Å². The molecule has 0 fully saturated rings. The van der Waals surface area contributed by atoms with Crippen molar-refractivity contribution in [3.05, 3.63) is 59.7 Å². The number of likely N-dealkylation sites (N-methyl/N-ethyl adjacent to an activating group) is 1. The van der Waals surface area contributed by atoms with E-state index in [9.17, 15) is 9.59 Å². The molecule has 0 bridgehead atoms. The molecule has 0 heterocycles. The third-order valence-corrected chi connectivity index (χ3v) is 4.06. The molecule has 0 atom stereocenters. The van der Waals surface area contributed by atoms with Gasteiger partial charge >= 0.3 is 0 Å². The number of carbonyl (C=O) groups is 2. The molecule has 0 radical (unpaired) electrons. The summed E-state index contributed by atoms with van der Waals surface area (Å²) in [6.45, 7) is 3.01. The third kappa shape index (κ3) is 5.24. The van der Waals surface area contributed by atoms with Crippen LogP contribution in [-0.2, 0) is 11.3 Å². The summed E-state index contributed by atoms with van der Waals surface area (Å²) in [7, 11) is 3.98. The van der Waals surface area contributed by atoms with E-state index in [4.69, 9.17) is 10.5 Å². The van der Waals surface area contributed by atoms with E-state index in [0.717, 1.165) is 11.3 Å². The molecule has 0 aromatic heterocycles. The maximum atomic E-state index is 12.4. The highest BCUT2D eigenvalue weighted by molar-refractivity contribution is 5.92. The first kappa shape index (κ1) is 19.3. The monoisotopic (exact) mass is 355 g/mol. The molecule has 0 saturated carbocycles. The van der Waals surface area contributed by atoms with Crippen LogP contribution in [0.1, 0.15) is 22.8 Å². The van der Waals surface area contributed by atoms with Gasteiger partial charge in [-0.3, -0.25) is 9.59 Å². The van der Waals surface area contributed by atoms with E-state index < -0.39 is 5.91 Å². The summed E-state index contributed by atoms with van der Waals surface area (Å²) in [6, 6.07) is 14.5. The zero-order valence-electron chi connectivity index (χ0n) is 15.4. The second-order valence-corrected chi connectivity index (χ2v) is 6.15. The van der Waals surface area contributed by atoms with Crippen LogP contribution in [0.5, 0.6) is 5.75 Å². The molecule has 0 saturated heterocycles.